The molecule has 2 heterocycles. The molecule has 32 heavy (non-hydrogen) atoms. The van der Waals surface area contributed by atoms with Gasteiger partial charge in [-0.05, 0) is 57.2 Å². The Morgan fingerprint density at radius 1 is 1.31 bits per heavy atom. The Labute approximate surface area is 193 Å². The maximum atomic E-state index is 13.3. The molecule has 174 valence electrons. The highest BCUT2D eigenvalue weighted by atomic mass is 32.2. The van der Waals surface area contributed by atoms with E-state index in [1.54, 1.807) is 23.9 Å². The van der Waals surface area contributed by atoms with Crippen molar-refractivity contribution < 1.29 is 14.0 Å². The third kappa shape index (κ3) is 4.58. The lowest BCUT2D eigenvalue weighted by Gasteiger charge is -2.51. The van der Waals surface area contributed by atoms with Crippen LogP contribution >= 0.6 is 11.8 Å². The van der Waals surface area contributed by atoms with E-state index in [0.717, 1.165) is 23.6 Å². The maximum Gasteiger partial charge on any atom is 0.230 e. The lowest BCUT2D eigenvalue weighted by Crippen LogP contribution is -2.68. The number of hydrogen-bond donors (Lipinski definition) is 2. The number of amides is 2. The third-order valence-electron chi connectivity index (χ3n) is 6.38. The predicted molar refractivity (Wildman–Crippen MR) is 124 cm³/mol. The number of carbonyl (C=O) groups is 2. The Balaban J connectivity index is 1.54. The topological polar surface area (TPSA) is 77.0 Å². The Bertz CT molecular complexity index is 878. The molecule has 0 radical (unpaired) electrons. The lowest BCUT2D eigenvalue weighted by atomic mass is 9.75. The predicted octanol–water partition coefficient (Wildman–Crippen LogP) is 3.08. The molecule has 0 bridgehead atoms. The van der Waals surface area contributed by atoms with Crippen molar-refractivity contribution in [3.8, 4) is 0 Å². The van der Waals surface area contributed by atoms with Crippen LogP contribution < -0.4 is 10.7 Å². The molecule has 4 atom stereocenters. The average Bonchev–Trinajstić information content (AvgIpc) is 3.19. The molecular formula is C23H32FN5O2S. The molecule has 1 aliphatic carbocycles. The highest BCUT2D eigenvalue weighted by molar-refractivity contribution is 8.13. The number of nitrogens with one attached hydrogen (secondary N) is 2. The van der Waals surface area contributed by atoms with E-state index in [-0.39, 0.29) is 47.8 Å². The lowest BCUT2D eigenvalue weighted by molar-refractivity contribution is -0.157. The van der Waals surface area contributed by atoms with Crippen LogP contribution in [0.3, 0.4) is 0 Å². The van der Waals surface area contributed by atoms with Gasteiger partial charge in [-0.15, -0.1) is 0 Å². The second-order valence-electron chi connectivity index (χ2n) is 9.10. The Morgan fingerprint density at radius 3 is 2.75 bits per heavy atom. The molecule has 1 saturated carbocycles. The van der Waals surface area contributed by atoms with E-state index in [1.807, 2.05) is 18.7 Å². The molecule has 1 saturated heterocycles. The summed E-state index contributed by atoms with van der Waals surface area (Å²) < 4.78 is 13.2. The summed E-state index contributed by atoms with van der Waals surface area (Å²) in [7, 11) is 0. The molecule has 1 aromatic rings. The summed E-state index contributed by atoms with van der Waals surface area (Å²) in [6.45, 7) is 6.66. The fourth-order valence-corrected chi connectivity index (χ4v) is 5.90. The smallest absolute Gasteiger partial charge is 0.230 e. The minimum Gasteiger partial charge on any atom is -0.354 e. The summed E-state index contributed by atoms with van der Waals surface area (Å²) in [6, 6.07) is 6.52. The number of nitrogens with zero attached hydrogens (tertiary/aromatic N) is 3. The van der Waals surface area contributed by atoms with Crippen molar-refractivity contribution in [2.75, 3.05) is 6.54 Å². The molecule has 3 aliphatic rings. The van der Waals surface area contributed by atoms with Gasteiger partial charge in [0.15, 0.2) is 11.5 Å². The van der Waals surface area contributed by atoms with Gasteiger partial charge in [0.2, 0.25) is 11.8 Å². The Kier molecular flexibility index (Phi) is 6.93. The molecule has 2 N–H and O–H groups in total. The van der Waals surface area contributed by atoms with Gasteiger partial charge < -0.3 is 15.1 Å². The van der Waals surface area contributed by atoms with Gasteiger partial charge in [0, 0.05) is 30.3 Å². The van der Waals surface area contributed by atoms with E-state index in [4.69, 9.17) is 0 Å². The van der Waals surface area contributed by atoms with Crippen molar-refractivity contribution in [1.82, 2.24) is 20.5 Å². The minimum atomic E-state index is -0.314. The van der Waals surface area contributed by atoms with Gasteiger partial charge in [0.25, 0.3) is 0 Å². The van der Waals surface area contributed by atoms with Gasteiger partial charge in [-0.2, -0.15) is 5.10 Å². The van der Waals surface area contributed by atoms with Crippen molar-refractivity contribution in [2.45, 2.75) is 70.6 Å². The van der Waals surface area contributed by atoms with E-state index in [1.165, 1.54) is 12.1 Å². The zero-order valence-electron chi connectivity index (χ0n) is 18.9. The number of amidine groups is 1. The van der Waals surface area contributed by atoms with E-state index < -0.39 is 0 Å². The molecule has 9 heteroatoms. The largest absolute Gasteiger partial charge is 0.354 e. The Hall–Kier alpha value is -2.29. The quantitative estimate of drug-likeness (QED) is 0.681. The zero-order valence-corrected chi connectivity index (χ0v) is 19.7. The summed E-state index contributed by atoms with van der Waals surface area (Å²) >= 11 is 1.58. The van der Waals surface area contributed by atoms with E-state index in [2.05, 4.69) is 27.7 Å². The molecular weight excluding hydrogens is 429 g/mol. The number of benzene rings is 1. The highest BCUT2D eigenvalue weighted by Gasteiger charge is 2.52. The van der Waals surface area contributed by atoms with Crippen molar-refractivity contribution in [2.24, 2.45) is 16.9 Å². The normalized spacial score (nSPS) is 27.0. The number of carbonyl (C=O) groups excluding carboxylic acids is 2. The zero-order chi connectivity index (χ0) is 22.8. The number of hydrogen-bond acceptors (Lipinski definition) is 6. The average molecular weight is 462 g/mol. The van der Waals surface area contributed by atoms with E-state index >= 15 is 0 Å². The van der Waals surface area contributed by atoms with Crippen LogP contribution in [0.1, 0.15) is 52.0 Å². The van der Waals surface area contributed by atoms with Crippen LogP contribution in [0.2, 0.25) is 0 Å². The van der Waals surface area contributed by atoms with Gasteiger partial charge in [0.1, 0.15) is 5.82 Å². The second kappa shape index (κ2) is 9.68. The highest BCUT2D eigenvalue weighted by Crippen LogP contribution is 2.41. The Morgan fingerprint density at radius 2 is 2.06 bits per heavy atom. The summed E-state index contributed by atoms with van der Waals surface area (Å²) in [5.41, 5.74) is 4.18. The van der Waals surface area contributed by atoms with Crippen LogP contribution in [0.5, 0.6) is 0 Å². The number of halogens is 1. The van der Waals surface area contributed by atoms with Crippen LogP contribution in [0.15, 0.2) is 29.4 Å². The molecule has 7 nitrogen and oxygen atoms in total. The van der Waals surface area contributed by atoms with Gasteiger partial charge in [0.05, 0.1) is 5.92 Å². The fourth-order valence-electron chi connectivity index (χ4n) is 4.91. The number of rotatable bonds is 6. The molecule has 2 amide bonds. The number of fused-ring (bicyclic) bond motifs is 3. The molecule has 2 fully saturated rings. The number of hydrazone groups is 1. The van der Waals surface area contributed by atoms with Crippen molar-refractivity contribution >= 4 is 28.7 Å². The van der Waals surface area contributed by atoms with Gasteiger partial charge >= 0.3 is 0 Å². The molecule has 0 spiro atoms. The van der Waals surface area contributed by atoms with Crippen molar-refractivity contribution in [3.63, 3.8) is 0 Å². The first-order valence-corrected chi connectivity index (χ1v) is 12.5. The first kappa shape index (κ1) is 22.9. The molecule has 1 aromatic carbocycles. The first-order chi connectivity index (χ1) is 15.4. The van der Waals surface area contributed by atoms with Crippen LogP contribution in [0.25, 0.3) is 0 Å². The van der Waals surface area contributed by atoms with E-state index in [0.29, 0.717) is 25.1 Å². The SMILES string of the molecule is CCCN1C(=O)C2CCC(C(=O)NC(C)C)CC2N2C(SCc3ccc(F)cc3)=NNC12. The van der Waals surface area contributed by atoms with Crippen LogP contribution in [-0.2, 0) is 15.3 Å². The molecule has 0 aromatic heterocycles. The monoisotopic (exact) mass is 461 g/mol. The second-order valence-corrected chi connectivity index (χ2v) is 10.0. The maximum absolute atomic E-state index is 13.3. The van der Waals surface area contributed by atoms with Crippen molar-refractivity contribution in [3.05, 3.63) is 35.6 Å². The number of thioether (sulfide) groups is 1. The summed E-state index contributed by atoms with van der Waals surface area (Å²) in [4.78, 5) is 30.2. The summed E-state index contributed by atoms with van der Waals surface area (Å²) in [6.07, 6.45) is 2.63. The molecule has 4 unspecified atom stereocenters. The van der Waals surface area contributed by atoms with Gasteiger partial charge in [-0.25, -0.2) is 4.39 Å². The summed E-state index contributed by atoms with van der Waals surface area (Å²) in [5, 5.41) is 8.44. The third-order valence-corrected chi connectivity index (χ3v) is 7.41. The van der Waals surface area contributed by atoms with Crippen LogP contribution in [0.4, 0.5) is 4.39 Å². The summed E-state index contributed by atoms with van der Waals surface area (Å²) in [5.74, 6) is 0.405. The van der Waals surface area contributed by atoms with Crippen LogP contribution in [0, 0.1) is 17.7 Å². The van der Waals surface area contributed by atoms with Gasteiger partial charge in [-0.3, -0.25) is 15.0 Å². The van der Waals surface area contributed by atoms with Gasteiger partial charge in [-0.1, -0.05) is 30.8 Å². The minimum absolute atomic E-state index is 0.0632. The molecule has 4 rings (SSSR count). The standard InChI is InChI=1S/C23H32FN5O2S/c1-4-11-28-21(31)18-10-7-16(20(30)25-14(2)3)12-19(18)29-22(28)26-27-23(29)32-13-15-5-8-17(24)9-6-15/h5-6,8-9,14,16,18-19,22,26H,4,7,10-13H2,1-3H3,(H,25,30). The fraction of sp³-hybridized carbons (Fsp3) is 0.609. The first-order valence-electron chi connectivity index (χ1n) is 11.5. The van der Waals surface area contributed by atoms with Crippen molar-refractivity contribution in [1.29, 1.82) is 0 Å². The molecule has 2 aliphatic heterocycles. The van der Waals surface area contributed by atoms with E-state index in [9.17, 15) is 14.0 Å². The van der Waals surface area contributed by atoms with Crippen LogP contribution in [-0.4, -0.2) is 51.7 Å².